The van der Waals surface area contributed by atoms with Crippen LogP contribution in [0, 0.1) is 0 Å². The molecule has 3 heteroatoms. The average Bonchev–Trinajstić information content (AvgIpc) is 2.31. The van der Waals surface area contributed by atoms with Crippen LogP contribution in [0.25, 0.3) is 0 Å². The van der Waals surface area contributed by atoms with Gasteiger partial charge < -0.3 is 10.1 Å². The summed E-state index contributed by atoms with van der Waals surface area (Å²) in [6.07, 6.45) is 4.37. The van der Waals surface area contributed by atoms with Gasteiger partial charge in [0, 0.05) is 30.7 Å². The Morgan fingerprint density at radius 1 is 1.38 bits per heavy atom. The van der Waals surface area contributed by atoms with Crippen LogP contribution >= 0.6 is 11.8 Å². The van der Waals surface area contributed by atoms with Crippen molar-refractivity contribution in [3.05, 3.63) is 29.8 Å². The first kappa shape index (κ1) is 11.8. The second kappa shape index (κ2) is 6.16. The van der Waals surface area contributed by atoms with E-state index < -0.39 is 0 Å². The molecule has 1 aromatic rings. The molecular formula is C13H19NOS. The number of ether oxygens (including phenoxy) is 1. The van der Waals surface area contributed by atoms with Crippen molar-refractivity contribution in [1.29, 1.82) is 0 Å². The fourth-order valence-corrected chi connectivity index (χ4v) is 2.51. The van der Waals surface area contributed by atoms with E-state index in [0.717, 1.165) is 31.8 Å². The highest BCUT2D eigenvalue weighted by Gasteiger charge is 2.12. The molecule has 1 fully saturated rings. The quantitative estimate of drug-likeness (QED) is 0.869. The zero-order valence-corrected chi connectivity index (χ0v) is 10.6. The van der Waals surface area contributed by atoms with Gasteiger partial charge in [0.2, 0.25) is 0 Å². The van der Waals surface area contributed by atoms with E-state index >= 15 is 0 Å². The number of nitrogens with one attached hydrogen (secondary N) is 1. The molecule has 16 heavy (non-hydrogen) atoms. The molecule has 0 spiro atoms. The number of anilines is 1. The first-order chi connectivity index (χ1) is 7.88. The van der Waals surface area contributed by atoms with Crippen LogP contribution < -0.4 is 5.32 Å². The van der Waals surface area contributed by atoms with Gasteiger partial charge in [-0.25, -0.2) is 0 Å². The molecule has 1 aliphatic rings. The largest absolute Gasteiger partial charge is 0.382 e. The van der Waals surface area contributed by atoms with E-state index in [0.29, 0.717) is 6.04 Å². The highest BCUT2D eigenvalue weighted by molar-refractivity contribution is 7.97. The first-order valence-electron chi connectivity index (χ1n) is 5.80. The van der Waals surface area contributed by atoms with Gasteiger partial charge in [0.1, 0.15) is 0 Å². The average molecular weight is 237 g/mol. The standard InChI is InChI=1S/C13H19NOS/c1-16-10-11-3-2-4-13(9-11)14-12-5-7-15-8-6-12/h2-4,9,12,14H,5-8,10H2,1H3. The topological polar surface area (TPSA) is 21.3 Å². The molecule has 1 saturated heterocycles. The molecule has 0 atom stereocenters. The molecule has 0 amide bonds. The summed E-state index contributed by atoms with van der Waals surface area (Å²) in [6, 6.07) is 9.31. The second-order valence-corrected chi connectivity index (χ2v) is 5.03. The molecule has 0 aromatic heterocycles. The molecule has 88 valence electrons. The van der Waals surface area contributed by atoms with E-state index in [-0.39, 0.29) is 0 Å². The van der Waals surface area contributed by atoms with E-state index in [1.165, 1.54) is 11.3 Å². The van der Waals surface area contributed by atoms with Crippen LogP contribution in [-0.4, -0.2) is 25.5 Å². The molecule has 1 aliphatic heterocycles. The molecule has 0 radical (unpaired) electrons. The Balaban J connectivity index is 1.94. The van der Waals surface area contributed by atoms with Gasteiger partial charge in [-0.2, -0.15) is 11.8 Å². The summed E-state index contributed by atoms with van der Waals surface area (Å²) in [5.74, 6) is 1.09. The zero-order valence-electron chi connectivity index (χ0n) is 9.74. The van der Waals surface area contributed by atoms with Gasteiger partial charge in [0.25, 0.3) is 0 Å². The van der Waals surface area contributed by atoms with Crippen molar-refractivity contribution in [3.63, 3.8) is 0 Å². The Labute approximate surface area is 102 Å². The third-order valence-corrected chi connectivity index (χ3v) is 3.45. The van der Waals surface area contributed by atoms with Crippen LogP contribution in [0.4, 0.5) is 5.69 Å². The Bertz CT molecular complexity index is 323. The van der Waals surface area contributed by atoms with Crippen LogP contribution in [0.2, 0.25) is 0 Å². The van der Waals surface area contributed by atoms with E-state index in [4.69, 9.17) is 4.74 Å². The Hall–Kier alpha value is -0.670. The third-order valence-electron chi connectivity index (χ3n) is 2.83. The van der Waals surface area contributed by atoms with Crippen molar-refractivity contribution in [2.45, 2.75) is 24.6 Å². The lowest BCUT2D eigenvalue weighted by atomic mass is 10.1. The zero-order chi connectivity index (χ0) is 11.2. The third kappa shape index (κ3) is 3.42. The fourth-order valence-electron chi connectivity index (χ4n) is 2.00. The fraction of sp³-hybridized carbons (Fsp3) is 0.538. The van der Waals surface area contributed by atoms with Crippen molar-refractivity contribution in [3.8, 4) is 0 Å². The van der Waals surface area contributed by atoms with Gasteiger partial charge in [-0.1, -0.05) is 12.1 Å². The van der Waals surface area contributed by atoms with Crippen molar-refractivity contribution in [2.24, 2.45) is 0 Å². The second-order valence-electron chi connectivity index (χ2n) is 4.16. The van der Waals surface area contributed by atoms with Crippen LogP contribution in [-0.2, 0) is 10.5 Å². The molecule has 2 rings (SSSR count). The SMILES string of the molecule is CSCc1cccc(NC2CCOCC2)c1. The smallest absolute Gasteiger partial charge is 0.0485 e. The first-order valence-corrected chi connectivity index (χ1v) is 7.20. The molecule has 1 aromatic carbocycles. The molecule has 1 N–H and O–H groups in total. The van der Waals surface area contributed by atoms with Gasteiger partial charge >= 0.3 is 0 Å². The van der Waals surface area contributed by atoms with E-state index in [1.807, 2.05) is 11.8 Å². The molecule has 0 bridgehead atoms. The molecule has 0 unspecified atom stereocenters. The minimum Gasteiger partial charge on any atom is -0.382 e. The minimum atomic E-state index is 0.582. The number of benzene rings is 1. The summed E-state index contributed by atoms with van der Waals surface area (Å²) < 4.78 is 5.36. The van der Waals surface area contributed by atoms with E-state index in [1.54, 1.807) is 0 Å². The molecular weight excluding hydrogens is 218 g/mol. The van der Waals surface area contributed by atoms with Gasteiger partial charge in [-0.3, -0.25) is 0 Å². The summed E-state index contributed by atoms with van der Waals surface area (Å²) in [4.78, 5) is 0. The maximum absolute atomic E-state index is 5.36. The lowest BCUT2D eigenvalue weighted by molar-refractivity contribution is 0.0904. The van der Waals surface area contributed by atoms with Crippen molar-refractivity contribution in [2.75, 3.05) is 24.8 Å². The summed E-state index contributed by atoms with van der Waals surface area (Å²) in [5.41, 5.74) is 2.64. The number of rotatable bonds is 4. The minimum absolute atomic E-state index is 0.582. The maximum Gasteiger partial charge on any atom is 0.0485 e. The molecule has 0 aliphatic carbocycles. The number of hydrogen-bond donors (Lipinski definition) is 1. The lowest BCUT2D eigenvalue weighted by Gasteiger charge is -2.24. The van der Waals surface area contributed by atoms with Crippen LogP contribution in [0.15, 0.2) is 24.3 Å². The van der Waals surface area contributed by atoms with Crippen LogP contribution in [0.3, 0.4) is 0 Å². The summed E-state index contributed by atoms with van der Waals surface area (Å²) >= 11 is 1.86. The Morgan fingerprint density at radius 3 is 2.94 bits per heavy atom. The van der Waals surface area contributed by atoms with E-state index in [9.17, 15) is 0 Å². The summed E-state index contributed by atoms with van der Waals surface area (Å²) in [7, 11) is 0. The molecule has 0 saturated carbocycles. The summed E-state index contributed by atoms with van der Waals surface area (Å²) in [5, 5.41) is 3.59. The predicted octanol–water partition coefficient (Wildman–Crippen LogP) is 3.14. The Morgan fingerprint density at radius 2 is 2.19 bits per heavy atom. The van der Waals surface area contributed by atoms with Gasteiger partial charge in [-0.05, 0) is 36.8 Å². The van der Waals surface area contributed by atoms with Crippen molar-refractivity contribution in [1.82, 2.24) is 0 Å². The number of thioether (sulfide) groups is 1. The molecule has 2 nitrogen and oxygen atoms in total. The molecule has 1 heterocycles. The van der Waals surface area contributed by atoms with Gasteiger partial charge in [0.15, 0.2) is 0 Å². The highest BCUT2D eigenvalue weighted by atomic mass is 32.2. The predicted molar refractivity (Wildman–Crippen MR) is 71.1 cm³/mol. The van der Waals surface area contributed by atoms with E-state index in [2.05, 4.69) is 35.8 Å². The van der Waals surface area contributed by atoms with Gasteiger partial charge in [-0.15, -0.1) is 0 Å². The monoisotopic (exact) mass is 237 g/mol. The van der Waals surface area contributed by atoms with Crippen molar-refractivity contribution < 1.29 is 4.74 Å². The van der Waals surface area contributed by atoms with Crippen molar-refractivity contribution >= 4 is 17.4 Å². The number of hydrogen-bond acceptors (Lipinski definition) is 3. The lowest BCUT2D eigenvalue weighted by Crippen LogP contribution is -2.27. The van der Waals surface area contributed by atoms with Crippen LogP contribution in [0.5, 0.6) is 0 Å². The highest BCUT2D eigenvalue weighted by Crippen LogP contribution is 2.18. The Kier molecular flexibility index (Phi) is 4.55. The van der Waals surface area contributed by atoms with Crippen LogP contribution in [0.1, 0.15) is 18.4 Å². The van der Waals surface area contributed by atoms with Gasteiger partial charge in [0.05, 0.1) is 0 Å². The summed E-state index contributed by atoms with van der Waals surface area (Å²) in [6.45, 7) is 1.78. The maximum atomic E-state index is 5.36. The normalized spacial score (nSPS) is 17.3.